The van der Waals surface area contributed by atoms with E-state index in [9.17, 15) is 9.59 Å². The first-order valence-electron chi connectivity index (χ1n) is 14.1. The fourth-order valence-corrected chi connectivity index (χ4v) is 5.69. The zero-order valence-electron chi connectivity index (χ0n) is 22.5. The largest absolute Gasteiger partial charge is 0.492 e. The van der Waals surface area contributed by atoms with Crippen molar-refractivity contribution in [2.75, 3.05) is 25.0 Å². The van der Waals surface area contributed by atoms with Crippen LogP contribution in [0, 0.1) is 5.92 Å². The minimum Gasteiger partial charge on any atom is -0.492 e. The fourth-order valence-electron chi connectivity index (χ4n) is 5.69. The average Bonchev–Trinajstić information content (AvgIpc) is 3.59. The number of hydrogen-bond donors (Lipinski definition) is 2. The molecule has 206 valence electrons. The number of rotatable bonds is 6. The number of fused-ring (bicyclic) bond motifs is 1. The summed E-state index contributed by atoms with van der Waals surface area (Å²) in [6.07, 6.45) is 5.57. The summed E-state index contributed by atoms with van der Waals surface area (Å²) < 4.78 is 11.4. The van der Waals surface area contributed by atoms with E-state index in [1.54, 1.807) is 0 Å². The summed E-state index contributed by atoms with van der Waals surface area (Å²) in [5.41, 5.74) is 1.73. The first kappa shape index (κ1) is 26.7. The van der Waals surface area contributed by atoms with Crippen molar-refractivity contribution in [3.8, 4) is 5.75 Å². The Morgan fingerprint density at radius 3 is 2.72 bits per heavy atom. The number of hydrogen-bond acceptors (Lipinski definition) is 6. The third kappa shape index (κ3) is 6.58. The predicted octanol–water partition coefficient (Wildman–Crippen LogP) is 5.15. The molecule has 5 rings (SSSR count). The molecular weight excluding hydrogens is 494 g/mol. The Morgan fingerprint density at radius 1 is 1.08 bits per heavy atom. The van der Waals surface area contributed by atoms with Crippen LogP contribution in [0.3, 0.4) is 0 Å². The van der Waals surface area contributed by atoms with E-state index in [1.807, 2.05) is 66.4 Å². The molecule has 39 heavy (non-hydrogen) atoms. The van der Waals surface area contributed by atoms with Gasteiger partial charge in [0, 0.05) is 31.5 Å². The Hall–Kier alpha value is -3.88. The highest BCUT2D eigenvalue weighted by Crippen LogP contribution is 2.41. The molecular formula is C30H37N5O4. The molecule has 9 nitrogen and oxygen atoms in total. The van der Waals surface area contributed by atoms with Gasteiger partial charge in [0.1, 0.15) is 5.75 Å². The van der Waals surface area contributed by atoms with Crippen LogP contribution in [-0.2, 0) is 11.2 Å². The summed E-state index contributed by atoms with van der Waals surface area (Å²) in [6, 6.07) is 17.0. The number of ether oxygens (including phenoxy) is 1. The molecule has 0 radical (unpaired) electrons. The van der Waals surface area contributed by atoms with Crippen molar-refractivity contribution in [1.82, 2.24) is 20.4 Å². The van der Waals surface area contributed by atoms with Crippen LogP contribution in [0.15, 0.2) is 59.1 Å². The maximum Gasteiger partial charge on any atom is 0.322 e. The number of nitrogens with one attached hydrogen (secondary N) is 2. The van der Waals surface area contributed by atoms with Crippen LogP contribution in [0.4, 0.5) is 10.5 Å². The Balaban J connectivity index is 1.37. The Bertz CT molecular complexity index is 1250. The maximum absolute atomic E-state index is 13.7. The second-order valence-corrected chi connectivity index (χ2v) is 10.3. The van der Waals surface area contributed by atoms with Gasteiger partial charge in [-0.2, -0.15) is 4.98 Å². The maximum atomic E-state index is 13.7. The van der Waals surface area contributed by atoms with Gasteiger partial charge in [-0.15, -0.1) is 0 Å². The van der Waals surface area contributed by atoms with Crippen LogP contribution in [0.2, 0.25) is 0 Å². The monoisotopic (exact) mass is 531 g/mol. The van der Waals surface area contributed by atoms with Gasteiger partial charge in [0.15, 0.2) is 5.82 Å². The predicted molar refractivity (Wildman–Crippen MR) is 148 cm³/mol. The van der Waals surface area contributed by atoms with Gasteiger partial charge in [0.2, 0.25) is 11.8 Å². The van der Waals surface area contributed by atoms with Crippen molar-refractivity contribution in [1.29, 1.82) is 0 Å². The SMILES string of the molecule is CCOc1ccccc1NC(=O)N1CCCCCCNC(=O)[C@@H]2C[C@@H](c3nc(Cc4ccccc4)no3)C[C@@H]21. The van der Waals surface area contributed by atoms with Crippen LogP contribution in [0.5, 0.6) is 5.75 Å². The smallest absolute Gasteiger partial charge is 0.322 e. The Kier molecular flexibility index (Phi) is 8.75. The molecule has 1 saturated heterocycles. The summed E-state index contributed by atoms with van der Waals surface area (Å²) in [5, 5.41) is 10.4. The molecule has 3 atom stereocenters. The van der Waals surface area contributed by atoms with Crippen molar-refractivity contribution in [2.24, 2.45) is 5.92 Å². The van der Waals surface area contributed by atoms with E-state index in [1.165, 1.54) is 0 Å². The second kappa shape index (κ2) is 12.8. The average molecular weight is 532 g/mol. The number of anilines is 1. The second-order valence-electron chi connectivity index (χ2n) is 10.3. The third-order valence-corrected chi connectivity index (χ3v) is 7.62. The van der Waals surface area contributed by atoms with Crippen LogP contribution in [0.25, 0.3) is 0 Å². The van der Waals surface area contributed by atoms with Gasteiger partial charge in [0.05, 0.1) is 18.2 Å². The molecule has 2 aliphatic rings. The fraction of sp³-hybridized carbons (Fsp3) is 0.467. The molecule has 2 aromatic carbocycles. The molecule has 2 heterocycles. The highest BCUT2D eigenvalue weighted by atomic mass is 16.5. The number of aromatic nitrogens is 2. The molecule has 9 heteroatoms. The number of carbonyl (C=O) groups is 2. The number of benzene rings is 2. The van der Waals surface area contributed by atoms with Gasteiger partial charge in [-0.3, -0.25) is 4.79 Å². The van der Waals surface area contributed by atoms with Gasteiger partial charge in [0.25, 0.3) is 0 Å². The molecule has 2 fully saturated rings. The lowest BCUT2D eigenvalue weighted by Gasteiger charge is -2.32. The summed E-state index contributed by atoms with van der Waals surface area (Å²) in [6.45, 7) is 3.64. The van der Waals surface area contributed by atoms with Crippen LogP contribution >= 0.6 is 0 Å². The quantitative estimate of drug-likeness (QED) is 0.456. The summed E-state index contributed by atoms with van der Waals surface area (Å²) in [5.74, 6) is 1.32. The van der Waals surface area contributed by atoms with E-state index in [0.717, 1.165) is 31.2 Å². The lowest BCUT2D eigenvalue weighted by molar-refractivity contribution is -0.126. The van der Waals surface area contributed by atoms with Crippen molar-refractivity contribution in [3.63, 3.8) is 0 Å². The van der Waals surface area contributed by atoms with Crippen molar-refractivity contribution >= 4 is 17.6 Å². The van der Waals surface area contributed by atoms with E-state index < -0.39 is 0 Å². The number of para-hydroxylation sites is 2. The molecule has 0 bridgehead atoms. The summed E-state index contributed by atoms with van der Waals surface area (Å²) in [4.78, 5) is 33.6. The zero-order chi connectivity index (χ0) is 27.0. The molecule has 0 unspecified atom stereocenters. The van der Waals surface area contributed by atoms with E-state index >= 15 is 0 Å². The molecule has 1 aromatic heterocycles. The van der Waals surface area contributed by atoms with Crippen molar-refractivity contribution in [3.05, 3.63) is 71.9 Å². The third-order valence-electron chi connectivity index (χ3n) is 7.62. The molecule has 3 aromatic rings. The van der Waals surface area contributed by atoms with Crippen LogP contribution in [-0.4, -0.2) is 52.7 Å². The first-order valence-corrected chi connectivity index (χ1v) is 14.1. The van der Waals surface area contributed by atoms with Gasteiger partial charge >= 0.3 is 6.03 Å². The topological polar surface area (TPSA) is 110 Å². The van der Waals surface area contributed by atoms with E-state index in [-0.39, 0.29) is 29.8 Å². The van der Waals surface area contributed by atoms with Gasteiger partial charge < -0.3 is 24.8 Å². The molecule has 2 N–H and O–H groups in total. The standard InChI is InChI=1S/C30H37N5O4/c1-2-38-26-15-9-8-14-24(26)32-30(37)35-17-11-4-3-10-16-31-28(36)23-19-22(20-25(23)35)29-33-27(34-39-29)18-21-12-6-5-7-13-21/h5-9,12-15,22-23,25H,2-4,10-11,16-20H2,1H3,(H,31,36)(H,32,37)/t22-,23-,25+/m1/s1. The van der Waals surface area contributed by atoms with Crippen LogP contribution in [0.1, 0.15) is 68.6 Å². The lowest BCUT2D eigenvalue weighted by atomic mass is 10.0. The van der Waals surface area contributed by atoms with Gasteiger partial charge in [-0.05, 0) is 50.3 Å². The van der Waals surface area contributed by atoms with E-state index in [2.05, 4.69) is 15.8 Å². The van der Waals surface area contributed by atoms with E-state index in [0.29, 0.717) is 62.1 Å². The molecule has 1 aliphatic heterocycles. The Morgan fingerprint density at radius 2 is 1.87 bits per heavy atom. The summed E-state index contributed by atoms with van der Waals surface area (Å²) in [7, 11) is 0. The zero-order valence-corrected chi connectivity index (χ0v) is 22.5. The minimum absolute atomic E-state index is 0.0130. The first-order chi connectivity index (χ1) is 19.1. The number of carbonyl (C=O) groups excluding carboxylic acids is 2. The van der Waals surface area contributed by atoms with E-state index in [4.69, 9.17) is 14.2 Å². The minimum atomic E-state index is -0.356. The van der Waals surface area contributed by atoms with Gasteiger partial charge in [-0.1, -0.05) is 60.5 Å². The molecule has 1 saturated carbocycles. The van der Waals surface area contributed by atoms with Crippen LogP contribution < -0.4 is 15.4 Å². The molecule has 0 spiro atoms. The molecule has 3 amide bonds. The summed E-state index contributed by atoms with van der Waals surface area (Å²) >= 11 is 0. The number of amides is 3. The molecule has 1 aliphatic carbocycles. The lowest BCUT2D eigenvalue weighted by Crippen LogP contribution is -2.48. The number of nitrogens with zero attached hydrogens (tertiary/aromatic N) is 3. The number of urea groups is 1. The van der Waals surface area contributed by atoms with Gasteiger partial charge in [-0.25, -0.2) is 4.79 Å². The highest BCUT2D eigenvalue weighted by molar-refractivity contribution is 5.92. The van der Waals surface area contributed by atoms with Crippen molar-refractivity contribution in [2.45, 2.75) is 63.8 Å². The normalized spacial score (nSPS) is 21.9. The Labute approximate surface area is 229 Å². The van der Waals surface area contributed by atoms with Crippen molar-refractivity contribution < 1.29 is 18.8 Å². The highest BCUT2D eigenvalue weighted by Gasteiger charge is 2.45.